The molecule has 1 aliphatic carbocycles. The number of aliphatic hydroxyl groups excluding tert-OH is 2. The maximum absolute atomic E-state index is 9.04. The zero-order valence-corrected chi connectivity index (χ0v) is 5.03. The van der Waals surface area contributed by atoms with Crippen LogP contribution in [0.2, 0.25) is 0 Å². The molecule has 0 amide bonds. The minimum atomic E-state index is -0.547. The van der Waals surface area contributed by atoms with Crippen molar-refractivity contribution in [2.24, 2.45) is 0 Å². The topological polar surface area (TPSA) is 53.0 Å². The number of ether oxygens (including phenoxy) is 1. The quantitative estimate of drug-likeness (QED) is 0.425. The summed E-state index contributed by atoms with van der Waals surface area (Å²) >= 11 is 0. The van der Waals surface area contributed by atoms with Gasteiger partial charge in [0.1, 0.15) is 0 Å². The van der Waals surface area contributed by atoms with Crippen LogP contribution in [0.25, 0.3) is 0 Å². The van der Waals surface area contributed by atoms with Crippen molar-refractivity contribution in [3.05, 3.63) is 0 Å². The fraction of sp³-hybridized carbons (Fsp3) is 1.00. The van der Waals surface area contributed by atoms with Crippen molar-refractivity contribution >= 4 is 0 Å². The van der Waals surface area contributed by atoms with E-state index in [1.54, 1.807) is 0 Å². The van der Waals surface area contributed by atoms with Crippen LogP contribution in [0.5, 0.6) is 0 Å². The van der Waals surface area contributed by atoms with Crippen LogP contribution in [-0.4, -0.2) is 34.6 Å². The Bertz CT molecular complexity index is 111. The molecule has 0 aromatic carbocycles. The van der Waals surface area contributed by atoms with Gasteiger partial charge in [-0.1, -0.05) is 0 Å². The molecule has 2 rings (SSSR count). The van der Waals surface area contributed by atoms with Crippen LogP contribution >= 0.6 is 0 Å². The molecule has 1 heterocycles. The summed E-state index contributed by atoms with van der Waals surface area (Å²) in [5.41, 5.74) is 0. The highest BCUT2D eigenvalue weighted by Crippen LogP contribution is 2.36. The predicted molar refractivity (Wildman–Crippen MR) is 29.9 cm³/mol. The Morgan fingerprint density at radius 1 is 1.00 bits per heavy atom. The standard InChI is InChI=1S/C6H10O3/c7-3-1-5-6(9-5)2-4(3)8/h3-8H,1-2H2. The van der Waals surface area contributed by atoms with E-state index in [9.17, 15) is 0 Å². The van der Waals surface area contributed by atoms with Gasteiger partial charge in [-0.15, -0.1) is 0 Å². The van der Waals surface area contributed by atoms with E-state index in [0.717, 1.165) is 0 Å². The summed E-state index contributed by atoms with van der Waals surface area (Å²) in [5.74, 6) is 0. The molecule has 1 aliphatic heterocycles. The van der Waals surface area contributed by atoms with Crippen molar-refractivity contribution in [2.45, 2.75) is 37.3 Å². The molecule has 1 saturated heterocycles. The summed E-state index contributed by atoms with van der Waals surface area (Å²) in [5, 5.41) is 18.1. The molecule has 4 atom stereocenters. The van der Waals surface area contributed by atoms with Gasteiger partial charge in [-0.2, -0.15) is 0 Å². The molecule has 3 heteroatoms. The van der Waals surface area contributed by atoms with Crippen molar-refractivity contribution in [1.29, 1.82) is 0 Å². The lowest BCUT2D eigenvalue weighted by atomic mass is 9.95. The molecule has 0 spiro atoms. The maximum atomic E-state index is 9.04. The van der Waals surface area contributed by atoms with E-state index in [4.69, 9.17) is 14.9 Å². The Labute approximate surface area is 53.3 Å². The normalized spacial score (nSPS) is 56.7. The summed E-state index contributed by atoms with van der Waals surface area (Å²) < 4.78 is 5.10. The molecule has 0 aromatic heterocycles. The van der Waals surface area contributed by atoms with Gasteiger partial charge in [0.05, 0.1) is 24.4 Å². The van der Waals surface area contributed by atoms with Crippen LogP contribution in [0.1, 0.15) is 12.8 Å². The van der Waals surface area contributed by atoms with Gasteiger partial charge in [0.15, 0.2) is 0 Å². The lowest BCUT2D eigenvalue weighted by Gasteiger charge is -2.18. The molecular formula is C6H10O3. The fourth-order valence-electron chi connectivity index (χ4n) is 1.38. The molecule has 9 heavy (non-hydrogen) atoms. The largest absolute Gasteiger partial charge is 0.390 e. The van der Waals surface area contributed by atoms with E-state index in [2.05, 4.69) is 0 Å². The van der Waals surface area contributed by atoms with E-state index >= 15 is 0 Å². The summed E-state index contributed by atoms with van der Waals surface area (Å²) in [7, 11) is 0. The van der Waals surface area contributed by atoms with Crippen LogP contribution in [0.3, 0.4) is 0 Å². The molecule has 52 valence electrons. The highest BCUT2D eigenvalue weighted by molar-refractivity contribution is 4.95. The Kier molecular flexibility index (Phi) is 1.06. The number of fused-ring (bicyclic) bond motifs is 1. The van der Waals surface area contributed by atoms with Crippen LogP contribution in [-0.2, 0) is 4.74 Å². The third-order valence-corrected chi connectivity index (χ3v) is 2.08. The van der Waals surface area contributed by atoms with Crippen LogP contribution in [0.4, 0.5) is 0 Å². The van der Waals surface area contributed by atoms with E-state index in [1.807, 2.05) is 0 Å². The smallest absolute Gasteiger partial charge is 0.0868 e. The van der Waals surface area contributed by atoms with Gasteiger partial charge >= 0.3 is 0 Å². The maximum Gasteiger partial charge on any atom is 0.0868 e. The first-order chi connectivity index (χ1) is 4.27. The van der Waals surface area contributed by atoms with Crippen molar-refractivity contribution in [1.82, 2.24) is 0 Å². The summed E-state index contributed by atoms with van der Waals surface area (Å²) in [6, 6.07) is 0. The zero-order valence-electron chi connectivity index (χ0n) is 5.03. The summed E-state index contributed by atoms with van der Waals surface area (Å²) in [6.07, 6.45) is 0.645. The van der Waals surface area contributed by atoms with E-state index in [1.165, 1.54) is 0 Å². The molecule has 2 aliphatic rings. The Morgan fingerprint density at radius 2 is 1.44 bits per heavy atom. The predicted octanol–water partition coefficient (Wildman–Crippen LogP) is -0.731. The van der Waals surface area contributed by atoms with Crippen molar-refractivity contribution in [3.8, 4) is 0 Å². The summed E-state index contributed by atoms with van der Waals surface area (Å²) in [4.78, 5) is 0. The Hall–Kier alpha value is -0.120. The highest BCUT2D eigenvalue weighted by Gasteiger charge is 2.47. The van der Waals surface area contributed by atoms with E-state index in [-0.39, 0.29) is 12.2 Å². The van der Waals surface area contributed by atoms with Gasteiger partial charge in [-0.05, 0) is 0 Å². The lowest BCUT2D eigenvalue weighted by Crippen LogP contribution is -2.33. The molecule has 4 unspecified atom stereocenters. The third kappa shape index (κ3) is 0.852. The first kappa shape index (κ1) is 5.65. The second-order valence-electron chi connectivity index (χ2n) is 2.82. The van der Waals surface area contributed by atoms with Gasteiger partial charge in [-0.25, -0.2) is 0 Å². The first-order valence-corrected chi connectivity index (χ1v) is 3.29. The molecular weight excluding hydrogens is 120 g/mol. The second kappa shape index (κ2) is 1.68. The zero-order chi connectivity index (χ0) is 6.43. The van der Waals surface area contributed by atoms with Crippen molar-refractivity contribution in [2.75, 3.05) is 0 Å². The molecule has 0 radical (unpaired) electrons. The number of epoxide rings is 1. The molecule has 0 aromatic rings. The minimum absolute atomic E-state index is 0.253. The summed E-state index contributed by atoms with van der Waals surface area (Å²) in [6.45, 7) is 0. The van der Waals surface area contributed by atoms with Gasteiger partial charge in [0.25, 0.3) is 0 Å². The number of aliphatic hydroxyl groups is 2. The first-order valence-electron chi connectivity index (χ1n) is 3.29. The molecule has 3 nitrogen and oxygen atoms in total. The Balaban J connectivity index is 1.98. The average molecular weight is 130 g/mol. The number of hydrogen-bond acceptors (Lipinski definition) is 3. The van der Waals surface area contributed by atoms with Crippen LogP contribution in [0, 0.1) is 0 Å². The molecule has 1 saturated carbocycles. The number of rotatable bonds is 0. The second-order valence-corrected chi connectivity index (χ2v) is 2.82. The Morgan fingerprint density at radius 3 is 1.89 bits per heavy atom. The van der Waals surface area contributed by atoms with Crippen LogP contribution < -0.4 is 0 Å². The van der Waals surface area contributed by atoms with E-state index in [0.29, 0.717) is 12.8 Å². The third-order valence-electron chi connectivity index (χ3n) is 2.08. The fourth-order valence-corrected chi connectivity index (χ4v) is 1.38. The van der Waals surface area contributed by atoms with Crippen molar-refractivity contribution < 1.29 is 14.9 Å². The van der Waals surface area contributed by atoms with E-state index < -0.39 is 12.2 Å². The highest BCUT2D eigenvalue weighted by atomic mass is 16.6. The van der Waals surface area contributed by atoms with Gasteiger partial charge in [0.2, 0.25) is 0 Å². The SMILES string of the molecule is OC1CC2OC2CC1O. The average Bonchev–Trinajstić information content (AvgIpc) is 2.46. The number of hydrogen-bond donors (Lipinski definition) is 2. The molecule has 2 fully saturated rings. The van der Waals surface area contributed by atoms with Gasteiger partial charge in [0, 0.05) is 12.8 Å². The van der Waals surface area contributed by atoms with Crippen LogP contribution in [0.15, 0.2) is 0 Å². The minimum Gasteiger partial charge on any atom is -0.390 e. The van der Waals surface area contributed by atoms with Gasteiger partial charge in [-0.3, -0.25) is 0 Å². The van der Waals surface area contributed by atoms with Gasteiger partial charge < -0.3 is 14.9 Å². The lowest BCUT2D eigenvalue weighted by molar-refractivity contribution is -0.0000891. The monoisotopic (exact) mass is 130 g/mol. The van der Waals surface area contributed by atoms with Crippen molar-refractivity contribution in [3.63, 3.8) is 0 Å². The molecule has 2 N–H and O–H groups in total. The molecule has 0 bridgehead atoms.